The topological polar surface area (TPSA) is 100.0 Å². The lowest BCUT2D eigenvalue weighted by molar-refractivity contribution is 0.645. The molecule has 7 aromatic rings. The van der Waals surface area contributed by atoms with Crippen LogP contribution in [0.15, 0.2) is 122 Å². The van der Waals surface area contributed by atoms with Gasteiger partial charge in [-0.25, -0.2) is 34.9 Å². The molecule has 10 nitrogen and oxygen atoms in total. The maximum absolute atomic E-state index is 5.61. The van der Waals surface area contributed by atoms with Crippen molar-refractivity contribution < 1.29 is 0 Å². The molecule has 0 fully saturated rings. The normalized spacial score (nSPS) is 11.7. The minimum Gasteiger partial charge on any atom is -0.279 e. The second kappa shape index (κ2) is 23.2. The third-order valence-electron chi connectivity index (χ3n) is 11.6. The van der Waals surface area contributed by atoms with Gasteiger partial charge in [-0.3, -0.25) is 14.7 Å². The lowest BCUT2D eigenvalue weighted by Crippen LogP contribution is -2.21. The molecule has 0 bridgehead atoms. The van der Waals surface area contributed by atoms with E-state index in [9.17, 15) is 0 Å². The molecular weight excluding hydrogens is 849 g/mol. The SMILES string of the molecule is CC(C)Cc1ccc(N(c2cc(N(c3ccc(CC(C)C)cn3)c3ccc(CC(C)C)cn3)nc(N(c3ccc(CC(C)C)cn3)c3ccc(CC(C)C)cn3)c2)c2ccc(CC(C)C)cn2)nc1. The van der Waals surface area contributed by atoms with E-state index in [2.05, 4.69) is 183 Å². The van der Waals surface area contributed by atoms with E-state index in [4.69, 9.17) is 34.9 Å². The summed E-state index contributed by atoms with van der Waals surface area (Å²) in [5.74, 6) is 8.39. The molecule has 0 unspecified atom stereocenters. The second-order valence-electron chi connectivity index (χ2n) is 21.3. The van der Waals surface area contributed by atoms with Crippen molar-refractivity contribution in [2.75, 3.05) is 14.7 Å². The molecule has 0 aliphatic carbocycles. The number of anilines is 9. The Morgan fingerprint density at radius 2 is 0.478 bits per heavy atom. The Kier molecular flexibility index (Phi) is 16.9. The van der Waals surface area contributed by atoms with Crippen LogP contribution in [0.3, 0.4) is 0 Å². The number of nitrogens with zero attached hydrogens (tertiary/aromatic N) is 10. The zero-order valence-corrected chi connectivity index (χ0v) is 43.2. The molecular formula is C59H74N10. The minimum absolute atomic E-state index is 0.490. The summed E-state index contributed by atoms with van der Waals surface area (Å²) in [6.07, 6.45) is 17.5. The summed E-state index contributed by atoms with van der Waals surface area (Å²) < 4.78 is 0. The van der Waals surface area contributed by atoms with Crippen LogP contribution >= 0.6 is 0 Å². The summed E-state index contributed by atoms with van der Waals surface area (Å²) in [6, 6.07) is 29.8. The van der Waals surface area contributed by atoms with Crippen LogP contribution in [0.1, 0.15) is 116 Å². The van der Waals surface area contributed by atoms with Gasteiger partial charge in [0.15, 0.2) is 0 Å². The van der Waals surface area contributed by atoms with Crippen molar-refractivity contribution in [3.63, 3.8) is 0 Å². The van der Waals surface area contributed by atoms with Gasteiger partial charge in [0.05, 0.1) is 5.69 Å². The largest absolute Gasteiger partial charge is 0.279 e. The zero-order valence-electron chi connectivity index (χ0n) is 43.2. The molecule has 0 aliphatic rings. The summed E-state index contributed by atoms with van der Waals surface area (Å²) in [5.41, 5.74) is 7.84. The molecule has 0 aromatic carbocycles. The first-order valence-corrected chi connectivity index (χ1v) is 25.2. The van der Waals surface area contributed by atoms with E-state index in [-0.39, 0.29) is 0 Å². The molecule has 0 aliphatic heterocycles. The van der Waals surface area contributed by atoms with E-state index in [0.717, 1.165) is 55.8 Å². The molecule has 0 spiro atoms. The summed E-state index contributed by atoms with van der Waals surface area (Å²) >= 11 is 0. The molecule has 0 saturated carbocycles. The molecule has 10 heteroatoms. The molecule has 7 heterocycles. The predicted molar refractivity (Wildman–Crippen MR) is 286 cm³/mol. The van der Waals surface area contributed by atoms with Crippen LogP contribution in [0.5, 0.6) is 0 Å². The van der Waals surface area contributed by atoms with Gasteiger partial charge in [0.25, 0.3) is 0 Å². The van der Waals surface area contributed by atoms with Crippen molar-refractivity contribution in [1.29, 1.82) is 0 Å². The van der Waals surface area contributed by atoms with Gasteiger partial charge >= 0.3 is 0 Å². The summed E-state index contributed by atoms with van der Waals surface area (Å²) in [4.78, 5) is 42.7. The quantitative estimate of drug-likeness (QED) is 0.0693. The fourth-order valence-electron chi connectivity index (χ4n) is 8.78. The van der Waals surface area contributed by atoms with E-state index in [1.165, 1.54) is 33.4 Å². The van der Waals surface area contributed by atoms with Crippen molar-refractivity contribution in [2.24, 2.45) is 35.5 Å². The second-order valence-corrected chi connectivity index (χ2v) is 21.3. The molecule has 7 rings (SSSR count). The Balaban J connectivity index is 1.52. The van der Waals surface area contributed by atoms with Crippen molar-refractivity contribution in [3.8, 4) is 0 Å². The highest BCUT2D eigenvalue weighted by atomic mass is 15.3. The van der Waals surface area contributed by atoms with Gasteiger partial charge in [0.1, 0.15) is 46.5 Å². The first-order chi connectivity index (χ1) is 33.1. The van der Waals surface area contributed by atoms with E-state index >= 15 is 0 Å². The summed E-state index contributed by atoms with van der Waals surface area (Å²) in [7, 11) is 0. The van der Waals surface area contributed by atoms with Gasteiger partial charge in [-0.2, -0.15) is 0 Å². The number of pyridine rings is 7. The summed E-state index contributed by atoms with van der Waals surface area (Å²) in [6.45, 7) is 26.8. The Hall–Kier alpha value is -6.55. The molecule has 0 atom stereocenters. The van der Waals surface area contributed by atoms with Crippen LogP contribution < -0.4 is 14.7 Å². The first kappa shape index (κ1) is 50.3. The number of hydrogen-bond donors (Lipinski definition) is 0. The molecule has 69 heavy (non-hydrogen) atoms. The van der Waals surface area contributed by atoms with Gasteiger partial charge < -0.3 is 0 Å². The molecule has 7 aromatic heterocycles. The van der Waals surface area contributed by atoms with Crippen molar-refractivity contribution in [2.45, 2.75) is 122 Å². The van der Waals surface area contributed by atoms with Gasteiger partial charge in [-0.05, 0) is 144 Å². The Labute approximate surface area is 412 Å². The third-order valence-corrected chi connectivity index (χ3v) is 11.6. The molecule has 0 saturated heterocycles. The van der Waals surface area contributed by atoms with Crippen LogP contribution in [0.25, 0.3) is 0 Å². The number of aromatic nitrogens is 7. The van der Waals surface area contributed by atoms with Crippen LogP contribution in [0.4, 0.5) is 52.2 Å². The minimum atomic E-state index is 0.490. The maximum Gasteiger partial charge on any atom is 0.144 e. The fraction of sp³-hybridized carbons (Fsp3) is 0.407. The Morgan fingerprint density at radius 1 is 0.275 bits per heavy atom. The first-order valence-electron chi connectivity index (χ1n) is 25.2. The smallest absolute Gasteiger partial charge is 0.144 e. The third kappa shape index (κ3) is 13.8. The van der Waals surface area contributed by atoms with Crippen LogP contribution in [-0.4, -0.2) is 34.9 Å². The van der Waals surface area contributed by atoms with Crippen molar-refractivity contribution in [1.82, 2.24) is 34.9 Å². The predicted octanol–water partition coefficient (Wildman–Crippen LogP) is 15.1. The molecule has 360 valence electrons. The van der Waals surface area contributed by atoms with Crippen molar-refractivity contribution >= 4 is 52.2 Å². The number of hydrogen-bond acceptors (Lipinski definition) is 10. The molecule has 0 radical (unpaired) electrons. The highest BCUT2D eigenvalue weighted by Gasteiger charge is 2.27. The highest BCUT2D eigenvalue weighted by molar-refractivity contribution is 5.82. The lowest BCUT2D eigenvalue weighted by Gasteiger charge is -2.30. The van der Waals surface area contributed by atoms with Gasteiger partial charge in [0.2, 0.25) is 0 Å². The molecule has 0 amide bonds. The zero-order chi connectivity index (χ0) is 49.2. The van der Waals surface area contributed by atoms with Gasteiger partial charge in [-0.1, -0.05) is 119 Å². The van der Waals surface area contributed by atoms with E-state index in [1.807, 2.05) is 37.2 Å². The average Bonchev–Trinajstić information content (AvgIpc) is 3.29. The Morgan fingerprint density at radius 3 is 0.652 bits per heavy atom. The average molecular weight is 923 g/mol. The maximum atomic E-state index is 5.61. The Bertz CT molecular complexity index is 2190. The monoisotopic (exact) mass is 923 g/mol. The van der Waals surface area contributed by atoms with Gasteiger partial charge in [-0.15, -0.1) is 0 Å². The highest BCUT2D eigenvalue weighted by Crippen LogP contribution is 2.42. The van der Waals surface area contributed by atoms with E-state index in [1.54, 1.807) is 0 Å². The van der Waals surface area contributed by atoms with Crippen LogP contribution in [-0.2, 0) is 38.5 Å². The molecule has 0 N–H and O–H groups in total. The lowest BCUT2D eigenvalue weighted by atomic mass is 10.0. The standard InChI is InChI=1S/C59H74N10/c1-39(2)25-45-13-19-52(60-33-45)67(53-20-14-46(34-61-53)26-40(3)4)51-31-58(68(54-21-15-47(35-62-54)27-41(5)6)55-22-16-48(36-63-55)28-42(7)8)66-59(32-51)69(56-23-17-49(37-64-56)29-43(9)10)57-24-18-50(38-65-57)30-44(11)12/h13-24,31-44H,25-30H2,1-12H3. The van der Waals surface area contributed by atoms with E-state index in [0.29, 0.717) is 70.4 Å². The fourth-order valence-corrected chi connectivity index (χ4v) is 8.78. The van der Waals surface area contributed by atoms with E-state index < -0.39 is 0 Å². The van der Waals surface area contributed by atoms with Crippen LogP contribution in [0, 0.1) is 35.5 Å². The summed E-state index contributed by atoms with van der Waals surface area (Å²) in [5, 5.41) is 0. The number of rotatable bonds is 21. The van der Waals surface area contributed by atoms with Gasteiger partial charge in [0, 0.05) is 49.3 Å². The van der Waals surface area contributed by atoms with Crippen LogP contribution in [0.2, 0.25) is 0 Å². The van der Waals surface area contributed by atoms with Crippen molar-refractivity contribution in [3.05, 3.63) is 155 Å².